The molecule has 0 amide bonds. The molecule has 0 saturated carbocycles. The second-order valence-corrected chi connectivity index (χ2v) is 13.5. The van der Waals surface area contributed by atoms with Crippen LogP contribution in [0.5, 0.6) is 0 Å². The molecule has 2 aliphatic carbocycles. The first-order valence-electron chi connectivity index (χ1n) is 15.4. The lowest BCUT2D eigenvalue weighted by atomic mass is 9.71. The number of aliphatic hydroxyl groups excluding tert-OH is 1. The SMILES string of the molecule is CC1=C(/C=C/C(C)=C/C=C/C(C)=C\C=C\C=C(C)\C=C\C=C(C)\C=C\C2=C(C)C[C@@H](O)CC2(C)C)C(C)(C)CCC1. The van der Waals surface area contributed by atoms with Crippen molar-refractivity contribution in [1.82, 2.24) is 0 Å². The van der Waals surface area contributed by atoms with Crippen LogP contribution in [0.1, 0.15) is 101 Å². The van der Waals surface area contributed by atoms with Gasteiger partial charge in [0.1, 0.15) is 0 Å². The van der Waals surface area contributed by atoms with E-state index in [-0.39, 0.29) is 16.9 Å². The van der Waals surface area contributed by atoms with E-state index in [9.17, 15) is 5.11 Å². The maximum absolute atomic E-state index is 10.1. The van der Waals surface area contributed by atoms with Crippen molar-refractivity contribution >= 4 is 0 Å². The van der Waals surface area contributed by atoms with Crippen LogP contribution in [0.2, 0.25) is 0 Å². The van der Waals surface area contributed by atoms with Gasteiger partial charge in [0.2, 0.25) is 0 Å². The van der Waals surface area contributed by atoms with Crippen molar-refractivity contribution in [1.29, 1.82) is 0 Å². The number of rotatable bonds is 10. The monoisotopic (exact) mass is 552 g/mol. The number of hydrogen-bond donors (Lipinski definition) is 1. The van der Waals surface area contributed by atoms with E-state index in [0.29, 0.717) is 0 Å². The highest BCUT2D eigenvalue weighted by Gasteiger charge is 2.31. The van der Waals surface area contributed by atoms with Gasteiger partial charge in [-0.1, -0.05) is 146 Å². The van der Waals surface area contributed by atoms with Gasteiger partial charge in [0, 0.05) is 0 Å². The highest BCUT2D eigenvalue weighted by atomic mass is 16.3. The normalized spacial score (nSPS) is 23.5. The van der Waals surface area contributed by atoms with Crippen molar-refractivity contribution in [2.24, 2.45) is 10.8 Å². The fraction of sp³-hybridized carbons (Fsp3) is 0.450. The fourth-order valence-electron chi connectivity index (χ4n) is 5.96. The Hall–Kier alpha value is -2.90. The van der Waals surface area contributed by atoms with Gasteiger partial charge in [-0.3, -0.25) is 0 Å². The lowest BCUT2D eigenvalue weighted by Gasteiger charge is -2.35. The third-order valence-electron chi connectivity index (χ3n) is 8.31. The number of allylic oxidation sites excluding steroid dienone is 21. The summed E-state index contributed by atoms with van der Waals surface area (Å²) in [6, 6.07) is 0. The predicted octanol–water partition coefficient (Wildman–Crippen LogP) is 11.6. The summed E-state index contributed by atoms with van der Waals surface area (Å²) in [4.78, 5) is 0. The van der Waals surface area contributed by atoms with Crippen LogP contribution in [0, 0.1) is 10.8 Å². The van der Waals surface area contributed by atoms with Crippen LogP contribution in [-0.4, -0.2) is 11.2 Å². The van der Waals surface area contributed by atoms with E-state index in [4.69, 9.17) is 0 Å². The Morgan fingerprint density at radius 3 is 1.54 bits per heavy atom. The first-order valence-corrected chi connectivity index (χ1v) is 15.4. The van der Waals surface area contributed by atoms with Crippen LogP contribution in [-0.2, 0) is 0 Å². The molecule has 0 heterocycles. The quantitative estimate of drug-likeness (QED) is 0.267. The molecule has 1 atom stereocenters. The Morgan fingerprint density at radius 1 is 0.634 bits per heavy atom. The van der Waals surface area contributed by atoms with E-state index in [0.717, 1.165) is 12.8 Å². The van der Waals surface area contributed by atoms with Crippen LogP contribution < -0.4 is 0 Å². The first-order chi connectivity index (χ1) is 19.2. The van der Waals surface area contributed by atoms with Crippen LogP contribution >= 0.6 is 0 Å². The van der Waals surface area contributed by atoms with E-state index >= 15 is 0 Å². The third kappa shape index (κ3) is 11.9. The molecule has 41 heavy (non-hydrogen) atoms. The van der Waals surface area contributed by atoms with Crippen molar-refractivity contribution in [3.8, 4) is 0 Å². The Labute approximate surface area is 252 Å². The largest absolute Gasteiger partial charge is 0.393 e. The summed E-state index contributed by atoms with van der Waals surface area (Å²) in [5, 5.41) is 10.1. The van der Waals surface area contributed by atoms with Gasteiger partial charge >= 0.3 is 0 Å². The lowest BCUT2D eigenvalue weighted by molar-refractivity contribution is 0.116. The van der Waals surface area contributed by atoms with Gasteiger partial charge in [0.15, 0.2) is 0 Å². The molecular formula is C40H56O. The summed E-state index contributed by atoms with van der Waals surface area (Å²) in [6.45, 7) is 22.2. The Balaban J connectivity index is 1.90. The van der Waals surface area contributed by atoms with E-state index in [1.54, 1.807) is 5.57 Å². The summed E-state index contributed by atoms with van der Waals surface area (Å²) in [5.41, 5.74) is 10.9. The second kappa shape index (κ2) is 15.9. The zero-order chi connectivity index (χ0) is 30.6. The summed E-state index contributed by atoms with van der Waals surface area (Å²) in [7, 11) is 0. The molecule has 0 fully saturated rings. The maximum atomic E-state index is 10.1. The standard InChI is InChI=1S/C40H56O/c1-30(18-13-20-32(3)23-25-37-34(5)22-15-27-39(37,7)8)16-11-12-17-31(2)19-14-21-33(4)24-26-38-35(6)28-36(41)29-40(38,9)10/h11-14,16-21,23-26,36,41H,15,22,27-29H2,1-10H3/b12-11+,18-13+,19-14+,25-23+,26-24+,30-16-,31-17+,32-20+,33-21+/t36-/m1/s1. The van der Waals surface area contributed by atoms with Crippen LogP contribution in [0.25, 0.3) is 0 Å². The topological polar surface area (TPSA) is 20.2 Å². The van der Waals surface area contributed by atoms with Crippen molar-refractivity contribution < 1.29 is 5.11 Å². The van der Waals surface area contributed by atoms with Crippen molar-refractivity contribution in [3.05, 3.63) is 130 Å². The second-order valence-electron chi connectivity index (χ2n) is 13.5. The zero-order valence-corrected chi connectivity index (χ0v) is 27.6. The van der Waals surface area contributed by atoms with Gasteiger partial charge in [0.05, 0.1) is 6.10 Å². The fourth-order valence-corrected chi connectivity index (χ4v) is 5.96. The third-order valence-corrected chi connectivity index (χ3v) is 8.31. The molecule has 0 aromatic heterocycles. The molecule has 2 aliphatic rings. The molecule has 1 heteroatoms. The van der Waals surface area contributed by atoms with Gasteiger partial charge in [0.25, 0.3) is 0 Å². The average molecular weight is 553 g/mol. The van der Waals surface area contributed by atoms with Crippen LogP contribution in [0.3, 0.4) is 0 Å². The molecule has 0 bridgehead atoms. The molecule has 0 saturated heterocycles. The van der Waals surface area contributed by atoms with Crippen molar-refractivity contribution in [2.45, 2.75) is 107 Å². The summed E-state index contributed by atoms with van der Waals surface area (Å²) < 4.78 is 0. The minimum atomic E-state index is -0.220. The van der Waals surface area contributed by atoms with Crippen LogP contribution in [0.15, 0.2) is 130 Å². The van der Waals surface area contributed by atoms with Crippen molar-refractivity contribution in [3.63, 3.8) is 0 Å². The minimum absolute atomic E-state index is 0.0128. The maximum Gasteiger partial charge on any atom is 0.0585 e. The molecular weight excluding hydrogens is 496 g/mol. The molecule has 0 aromatic carbocycles. The number of aliphatic hydroxyl groups is 1. The molecule has 0 radical (unpaired) electrons. The highest BCUT2D eigenvalue weighted by Crippen LogP contribution is 2.42. The summed E-state index contributed by atoms with van der Waals surface area (Å²) in [5.74, 6) is 0. The Morgan fingerprint density at radius 2 is 1.07 bits per heavy atom. The smallest absolute Gasteiger partial charge is 0.0585 e. The summed E-state index contributed by atoms with van der Waals surface area (Å²) in [6.07, 6.45) is 35.5. The average Bonchev–Trinajstić information content (AvgIpc) is 2.84. The molecule has 0 aromatic rings. The Bertz CT molecular complexity index is 1250. The predicted molar refractivity (Wildman–Crippen MR) is 183 cm³/mol. The molecule has 1 nitrogen and oxygen atoms in total. The Kier molecular flexibility index (Phi) is 13.3. The van der Waals surface area contributed by atoms with Gasteiger partial charge in [-0.25, -0.2) is 0 Å². The van der Waals surface area contributed by atoms with E-state index in [1.807, 2.05) is 0 Å². The number of hydrogen-bond acceptors (Lipinski definition) is 1. The lowest BCUT2D eigenvalue weighted by Crippen LogP contribution is -2.28. The zero-order valence-electron chi connectivity index (χ0n) is 27.6. The van der Waals surface area contributed by atoms with Crippen molar-refractivity contribution in [2.75, 3.05) is 0 Å². The van der Waals surface area contributed by atoms with Gasteiger partial charge in [-0.15, -0.1) is 0 Å². The van der Waals surface area contributed by atoms with E-state index in [2.05, 4.69) is 154 Å². The van der Waals surface area contributed by atoms with Crippen LogP contribution in [0.4, 0.5) is 0 Å². The van der Waals surface area contributed by atoms with Gasteiger partial charge in [-0.2, -0.15) is 0 Å². The molecule has 0 unspecified atom stereocenters. The molecule has 0 aliphatic heterocycles. The van der Waals surface area contributed by atoms with E-state index < -0.39 is 0 Å². The van der Waals surface area contributed by atoms with Gasteiger partial charge < -0.3 is 5.11 Å². The summed E-state index contributed by atoms with van der Waals surface area (Å²) >= 11 is 0. The molecule has 2 rings (SSSR count). The minimum Gasteiger partial charge on any atom is -0.393 e. The molecule has 0 spiro atoms. The van der Waals surface area contributed by atoms with Gasteiger partial charge in [-0.05, 0) is 95.6 Å². The first kappa shape index (κ1) is 34.3. The molecule has 1 N–H and O–H groups in total. The van der Waals surface area contributed by atoms with E-state index in [1.165, 1.54) is 58.3 Å². The highest BCUT2D eigenvalue weighted by molar-refractivity contribution is 5.39. The molecule has 222 valence electrons.